The third-order valence-electron chi connectivity index (χ3n) is 0.570. The van der Waals surface area contributed by atoms with Gasteiger partial charge >= 0.3 is 0 Å². The standard InChI is InChI=1S/C6H12O2/c1-3-4-8-5-6(2)7/h3-4,6-7H,5H2,1-2H3/b4-3+. The first-order chi connectivity index (χ1) is 3.77. The van der Waals surface area contributed by atoms with Gasteiger partial charge in [-0.25, -0.2) is 0 Å². The lowest BCUT2D eigenvalue weighted by Gasteiger charge is -2.00. The Morgan fingerprint density at radius 3 is 2.75 bits per heavy atom. The topological polar surface area (TPSA) is 29.5 Å². The van der Waals surface area contributed by atoms with E-state index < -0.39 is 0 Å². The van der Waals surface area contributed by atoms with E-state index in [0.29, 0.717) is 6.61 Å². The van der Waals surface area contributed by atoms with Crippen molar-refractivity contribution in [1.82, 2.24) is 0 Å². The summed E-state index contributed by atoms with van der Waals surface area (Å²) in [5.74, 6) is 0. The van der Waals surface area contributed by atoms with Crippen LogP contribution in [0.4, 0.5) is 0 Å². The Labute approximate surface area is 49.8 Å². The first kappa shape index (κ1) is 7.50. The fourth-order valence-electron chi connectivity index (χ4n) is 0.291. The maximum absolute atomic E-state index is 8.62. The lowest BCUT2D eigenvalue weighted by atomic mass is 10.4. The zero-order valence-corrected chi connectivity index (χ0v) is 5.29. The summed E-state index contributed by atoms with van der Waals surface area (Å²) in [6.07, 6.45) is 2.97. The quantitative estimate of drug-likeness (QED) is 0.555. The van der Waals surface area contributed by atoms with Gasteiger partial charge in [-0.3, -0.25) is 0 Å². The van der Waals surface area contributed by atoms with Crippen molar-refractivity contribution in [3.05, 3.63) is 12.3 Å². The van der Waals surface area contributed by atoms with E-state index in [1.807, 2.05) is 6.92 Å². The van der Waals surface area contributed by atoms with E-state index in [2.05, 4.69) is 0 Å². The molecule has 0 bridgehead atoms. The molecule has 0 aliphatic carbocycles. The van der Waals surface area contributed by atoms with Crippen LogP contribution in [0.25, 0.3) is 0 Å². The minimum atomic E-state index is -0.369. The van der Waals surface area contributed by atoms with Crippen LogP contribution in [0, 0.1) is 0 Å². The van der Waals surface area contributed by atoms with Crippen molar-refractivity contribution in [3.8, 4) is 0 Å². The van der Waals surface area contributed by atoms with E-state index in [9.17, 15) is 0 Å². The van der Waals surface area contributed by atoms with Gasteiger partial charge in [-0.2, -0.15) is 0 Å². The summed E-state index contributed by atoms with van der Waals surface area (Å²) in [7, 11) is 0. The largest absolute Gasteiger partial charge is 0.499 e. The van der Waals surface area contributed by atoms with Crippen molar-refractivity contribution >= 4 is 0 Å². The van der Waals surface area contributed by atoms with Crippen LogP contribution >= 0.6 is 0 Å². The van der Waals surface area contributed by atoms with Crippen molar-refractivity contribution in [2.45, 2.75) is 20.0 Å². The van der Waals surface area contributed by atoms with E-state index in [1.54, 1.807) is 19.3 Å². The highest BCUT2D eigenvalue weighted by atomic mass is 16.5. The maximum atomic E-state index is 8.62. The van der Waals surface area contributed by atoms with Gasteiger partial charge in [-0.1, -0.05) is 6.08 Å². The van der Waals surface area contributed by atoms with Gasteiger partial charge in [-0.15, -0.1) is 0 Å². The molecule has 0 saturated heterocycles. The lowest BCUT2D eigenvalue weighted by molar-refractivity contribution is 0.0975. The van der Waals surface area contributed by atoms with Crippen molar-refractivity contribution in [2.24, 2.45) is 0 Å². The van der Waals surface area contributed by atoms with Crippen molar-refractivity contribution in [2.75, 3.05) is 6.61 Å². The van der Waals surface area contributed by atoms with Gasteiger partial charge in [0.05, 0.1) is 12.4 Å². The predicted molar refractivity (Wildman–Crippen MR) is 32.4 cm³/mol. The van der Waals surface area contributed by atoms with Gasteiger partial charge < -0.3 is 9.84 Å². The van der Waals surface area contributed by atoms with Gasteiger partial charge in [-0.05, 0) is 13.8 Å². The summed E-state index contributed by atoms with van der Waals surface area (Å²) in [5.41, 5.74) is 0. The van der Waals surface area contributed by atoms with Crippen LogP contribution in [0.3, 0.4) is 0 Å². The first-order valence-electron chi connectivity index (χ1n) is 2.68. The molecular formula is C6H12O2. The van der Waals surface area contributed by atoms with Gasteiger partial charge in [0.2, 0.25) is 0 Å². The van der Waals surface area contributed by atoms with E-state index in [0.717, 1.165) is 0 Å². The fraction of sp³-hybridized carbons (Fsp3) is 0.667. The monoisotopic (exact) mass is 116 g/mol. The zero-order valence-electron chi connectivity index (χ0n) is 5.29. The maximum Gasteiger partial charge on any atom is 0.113 e. The molecule has 0 aliphatic heterocycles. The molecule has 0 aromatic rings. The summed E-state index contributed by atoms with van der Waals surface area (Å²) in [4.78, 5) is 0. The molecule has 0 fully saturated rings. The van der Waals surface area contributed by atoms with E-state index >= 15 is 0 Å². The van der Waals surface area contributed by atoms with Crippen LogP contribution in [0.5, 0.6) is 0 Å². The average molecular weight is 116 g/mol. The molecule has 0 spiro atoms. The molecule has 1 atom stereocenters. The van der Waals surface area contributed by atoms with Crippen molar-refractivity contribution in [3.63, 3.8) is 0 Å². The molecule has 0 saturated carbocycles. The number of hydrogen-bond acceptors (Lipinski definition) is 2. The Bertz CT molecular complexity index is 66.9. The molecule has 48 valence electrons. The second kappa shape index (κ2) is 4.65. The van der Waals surface area contributed by atoms with Crippen LogP contribution in [0.15, 0.2) is 12.3 Å². The molecule has 0 aromatic heterocycles. The smallest absolute Gasteiger partial charge is 0.113 e. The number of ether oxygens (including phenoxy) is 1. The molecule has 2 heteroatoms. The molecule has 2 nitrogen and oxygen atoms in total. The minimum absolute atomic E-state index is 0.369. The van der Waals surface area contributed by atoms with E-state index in [4.69, 9.17) is 9.84 Å². The summed E-state index contributed by atoms with van der Waals surface area (Å²) < 4.78 is 4.81. The van der Waals surface area contributed by atoms with Gasteiger partial charge in [0, 0.05) is 0 Å². The zero-order chi connectivity index (χ0) is 6.41. The third-order valence-corrected chi connectivity index (χ3v) is 0.570. The van der Waals surface area contributed by atoms with Crippen LogP contribution < -0.4 is 0 Å². The molecular weight excluding hydrogens is 104 g/mol. The van der Waals surface area contributed by atoms with E-state index in [-0.39, 0.29) is 6.10 Å². The lowest BCUT2D eigenvalue weighted by Crippen LogP contribution is -2.06. The molecule has 0 aliphatic rings. The molecule has 1 unspecified atom stereocenters. The summed E-state index contributed by atoms with van der Waals surface area (Å²) >= 11 is 0. The SMILES string of the molecule is C/C=C/OCC(C)O. The highest BCUT2D eigenvalue weighted by Crippen LogP contribution is 1.82. The predicted octanol–water partition coefficient (Wildman–Crippen LogP) is 0.917. The van der Waals surface area contributed by atoms with Crippen LogP contribution in [0.1, 0.15) is 13.8 Å². The number of allylic oxidation sites excluding steroid dienone is 1. The molecule has 8 heavy (non-hydrogen) atoms. The fourth-order valence-corrected chi connectivity index (χ4v) is 0.291. The molecule has 0 aromatic carbocycles. The summed E-state index contributed by atoms with van der Waals surface area (Å²) in [6, 6.07) is 0. The number of hydrogen-bond donors (Lipinski definition) is 1. The Morgan fingerprint density at radius 2 is 2.38 bits per heavy atom. The Kier molecular flexibility index (Phi) is 4.36. The second-order valence-electron chi connectivity index (χ2n) is 1.65. The molecule has 0 radical (unpaired) electrons. The second-order valence-corrected chi connectivity index (χ2v) is 1.65. The number of aliphatic hydroxyl groups excluding tert-OH is 1. The Morgan fingerprint density at radius 1 is 1.75 bits per heavy atom. The molecule has 0 heterocycles. The minimum Gasteiger partial charge on any atom is -0.499 e. The highest BCUT2D eigenvalue weighted by Gasteiger charge is 1.89. The first-order valence-corrected chi connectivity index (χ1v) is 2.68. The molecule has 0 amide bonds. The molecule has 1 N–H and O–H groups in total. The third kappa shape index (κ3) is 5.50. The van der Waals surface area contributed by atoms with E-state index in [1.165, 1.54) is 0 Å². The number of aliphatic hydroxyl groups is 1. The van der Waals surface area contributed by atoms with Crippen molar-refractivity contribution in [1.29, 1.82) is 0 Å². The number of rotatable bonds is 3. The Hall–Kier alpha value is -0.500. The van der Waals surface area contributed by atoms with Gasteiger partial charge in [0.1, 0.15) is 6.61 Å². The van der Waals surface area contributed by atoms with Gasteiger partial charge in [0.25, 0.3) is 0 Å². The van der Waals surface area contributed by atoms with Crippen LogP contribution in [0.2, 0.25) is 0 Å². The highest BCUT2D eigenvalue weighted by molar-refractivity contribution is 4.65. The van der Waals surface area contributed by atoms with Crippen molar-refractivity contribution < 1.29 is 9.84 Å². The summed E-state index contributed by atoms with van der Waals surface area (Å²) in [5, 5.41) is 8.62. The van der Waals surface area contributed by atoms with Crippen LogP contribution in [-0.4, -0.2) is 17.8 Å². The van der Waals surface area contributed by atoms with Crippen LogP contribution in [-0.2, 0) is 4.74 Å². The van der Waals surface area contributed by atoms with Gasteiger partial charge in [0.15, 0.2) is 0 Å². The molecule has 0 rings (SSSR count). The average Bonchev–Trinajstić information content (AvgIpc) is 1.66. The Balaban J connectivity index is 2.93. The normalized spacial score (nSPS) is 14.4. The summed E-state index contributed by atoms with van der Waals surface area (Å²) in [6.45, 7) is 3.93.